The number of rotatable bonds is 5. The predicted octanol–water partition coefficient (Wildman–Crippen LogP) is 3.13. The van der Waals surface area contributed by atoms with Crippen LogP contribution in [0.3, 0.4) is 0 Å². The molecule has 0 aliphatic rings. The van der Waals surface area contributed by atoms with Gasteiger partial charge < -0.3 is 4.90 Å². The van der Waals surface area contributed by atoms with E-state index in [0.29, 0.717) is 18.8 Å². The van der Waals surface area contributed by atoms with Gasteiger partial charge in [-0.3, -0.25) is 14.9 Å². The summed E-state index contributed by atoms with van der Waals surface area (Å²) >= 11 is 0. The van der Waals surface area contributed by atoms with Crippen LogP contribution >= 0.6 is 0 Å². The quantitative estimate of drug-likeness (QED) is 0.787. The molecule has 1 N–H and O–H groups in total. The Morgan fingerprint density at radius 2 is 1.91 bits per heavy atom. The van der Waals surface area contributed by atoms with Gasteiger partial charge in [0.2, 0.25) is 0 Å². The van der Waals surface area contributed by atoms with Gasteiger partial charge in [-0.15, -0.1) is 0 Å². The van der Waals surface area contributed by atoms with E-state index in [0.717, 1.165) is 17.0 Å². The Labute approximate surface area is 135 Å². The monoisotopic (exact) mass is 306 g/mol. The summed E-state index contributed by atoms with van der Waals surface area (Å²) in [5.74, 6) is -0.0761. The van der Waals surface area contributed by atoms with Crippen LogP contribution in [0.5, 0.6) is 0 Å². The first-order chi connectivity index (χ1) is 11.3. The standard InChI is InChI=1S/C18H18N4O/c1-2-22(13-15-10-6-7-11-19-15)18(23)17-12-16(20-21-17)14-8-4-3-5-9-14/h3-12H,2,13H2,1H3,(H,20,21). The van der Waals surface area contributed by atoms with Gasteiger partial charge >= 0.3 is 0 Å². The maximum atomic E-state index is 12.7. The average Bonchev–Trinajstić information content (AvgIpc) is 3.11. The highest BCUT2D eigenvalue weighted by molar-refractivity contribution is 5.93. The van der Waals surface area contributed by atoms with Gasteiger partial charge in [0.25, 0.3) is 5.91 Å². The summed E-state index contributed by atoms with van der Waals surface area (Å²) in [6.07, 6.45) is 1.73. The van der Waals surface area contributed by atoms with Crippen molar-refractivity contribution in [3.05, 3.63) is 72.2 Å². The summed E-state index contributed by atoms with van der Waals surface area (Å²) in [4.78, 5) is 18.7. The van der Waals surface area contributed by atoms with Crippen molar-refractivity contribution in [1.29, 1.82) is 0 Å². The zero-order chi connectivity index (χ0) is 16.1. The van der Waals surface area contributed by atoms with Gasteiger partial charge in [-0.1, -0.05) is 36.4 Å². The van der Waals surface area contributed by atoms with Crippen LogP contribution in [0.1, 0.15) is 23.1 Å². The number of nitrogens with one attached hydrogen (secondary N) is 1. The molecular formula is C18H18N4O. The van der Waals surface area contributed by atoms with E-state index in [4.69, 9.17) is 0 Å². The molecule has 0 saturated carbocycles. The van der Waals surface area contributed by atoms with Crippen LogP contribution in [0, 0.1) is 0 Å². The van der Waals surface area contributed by atoms with Gasteiger partial charge in [-0.05, 0) is 25.1 Å². The Hall–Kier alpha value is -2.95. The lowest BCUT2D eigenvalue weighted by molar-refractivity contribution is 0.0744. The van der Waals surface area contributed by atoms with Crippen molar-refractivity contribution in [3.63, 3.8) is 0 Å². The number of amides is 1. The number of aromatic nitrogens is 3. The topological polar surface area (TPSA) is 61.9 Å². The second kappa shape index (κ2) is 6.87. The van der Waals surface area contributed by atoms with Crippen LogP contribution in [0.25, 0.3) is 11.3 Å². The SMILES string of the molecule is CCN(Cc1ccccn1)C(=O)c1cc(-c2ccccc2)n[nH]1. The summed E-state index contributed by atoms with van der Waals surface area (Å²) in [6, 6.07) is 17.3. The molecule has 116 valence electrons. The van der Waals surface area contributed by atoms with E-state index in [9.17, 15) is 4.79 Å². The minimum Gasteiger partial charge on any atom is -0.332 e. The van der Waals surface area contributed by atoms with Gasteiger partial charge in [0.1, 0.15) is 5.69 Å². The molecule has 2 aromatic heterocycles. The third kappa shape index (κ3) is 3.45. The van der Waals surface area contributed by atoms with Crippen molar-refractivity contribution in [2.75, 3.05) is 6.54 Å². The second-order valence-electron chi connectivity index (χ2n) is 5.17. The zero-order valence-electron chi connectivity index (χ0n) is 12.9. The third-order valence-electron chi connectivity index (χ3n) is 3.63. The molecule has 0 radical (unpaired) electrons. The van der Waals surface area contributed by atoms with Crippen molar-refractivity contribution < 1.29 is 4.79 Å². The van der Waals surface area contributed by atoms with E-state index in [1.165, 1.54) is 0 Å². The van der Waals surface area contributed by atoms with E-state index in [2.05, 4.69) is 15.2 Å². The first kappa shape index (κ1) is 15.0. The van der Waals surface area contributed by atoms with Gasteiger partial charge in [0.15, 0.2) is 0 Å². The molecular weight excluding hydrogens is 288 g/mol. The van der Waals surface area contributed by atoms with E-state index < -0.39 is 0 Å². The van der Waals surface area contributed by atoms with Gasteiger partial charge in [0, 0.05) is 18.3 Å². The van der Waals surface area contributed by atoms with Crippen molar-refractivity contribution in [3.8, 4) is 11.3 Å². The highest BCUT2D eigenvalue weighted by atomic mass is 16.2. The number of hydrogen-bond acceptors (Lipinski definition) is 3. The zero-order valence-corrected chi connectivity index (χ0v) is 12.9. The summed E-state index contributed by atoms with van der Waals surface area (Å²) in [5.41, 5.74) is 3.10. The molecule has 0 fully saturated rings. The fourth-order valence-corrected chi connectivity index (χ4v) is 2.37. The fourth-order valence-electron chi connectivity index (χ4n) is 2.37. The summed E-state index contributed by atoms with van der Waals surface area (Å²) < 4.78 is 0. The number of nitrogens with zero attached hydrogens (tertiary/aromatic N) is 3. The molecule has 23 heavy (non-hydrogen) atoms. The van der Waals surface area contributed by atoms with Crippen LogP contribution in [0.15, 0.2) is 60.8 Å². The number of benzene rings is 1. The predicted molar refractivity (Wildman–Crippen MR) is 88.7 cm³/mol. The molecule has 1 amide bonds. The van der Waals surface area contributed by atoms with Gasteiger partial charge in [-0.2, -0.15) is 5.10 Å². The largest absolute Gasteiger partial charge is 0.332 e. The lowest BCUT2D eigenvalue weighted by atomic mass is 10.1. The Kier molecular flexibility index (Phi) is 4.47. The average molecular weight is 306 g/mol. The van der Waals surface area contributed by atoms with Crippen LogP contribution in [-0.4, -0.2) is 32.5 Å². The molecule has 0 spiro atoms. The van der Waals surface area contributed by atoms with E-state index in [1.807, 2.05) is 55.5 Å². The molecule has 2 heterocycles. The van der Waals surface area contributed by atoms with Gasteiger partial charge in [-0.25, -0.2) is 0 Å². The molecule has 0 aliphatic carbocycles. The van der Waals surface area contributed by atoms with Crippen LogP contribution < -0.4 is 0 Å². The fraction of sp³-hybridized carbons (Fsp3) is 0.167. The summed E-state index contributed by atoms with van der Waals surface area (Å²) in [6.45, 7) is 3.04. The van der Waals surface area contributed by atoms with Crippen LogP contribution in [-0.2, 0) is 6.54 Å². The first-order valence-electron chi connectivity index (χ1n) is 7.58. The molecule has 0 aliphatic heterocycles. The number of pyridine rings is 1. The number of aromatic amines is 1. The molecule has 1 aromatic carbocycles. The molecule has 3 aromatic rings. The molecule has 0 bridgehead atoms. The maximum absolute atomic E-state index is 12.7. The molecule has 3 rings (SSSR count). The van der Waals surface area contributed by atoms with E-state index in [-0.39, 0.29) is 5.91 Å². The first-order valence-corrected chi connectivity index (χ1v) is 7.58. The summed E-state index contributed by atoms with van der Waals surface area (Å²) in [7, 11) is 0. The molecule has 5 heteroatoms. The number of carbonyl (C=O) groups excluding carboxylic acids is 1. The van der Waals surface area contributed by atoms with E-state index in [1.54, 1.807) is 17.2 Å². The van der Waals surface area contributed by atoms with Crippen LogP contribution in [0.4, 0.5) is 0 Å². The van der Waals surface area contributed by atoms with Crippen molar-refractivity contribution in [2.24, 2.45) is 0 Å². The van der Waals surface area contributed by atoms with Crippen molar-refractivity contribution in [1.82, 2.24) is 20.1 Å². The molecule has 0 atom stereocenters. The van der Waals surface area contributed by atoms with Crippen molar-refractivity contribution in [2.45, 2.75) is 13.5 Å². The Balaban J connectivity index is 1.78. The Bertz CT molecular complexity index is 768. The lowest BCUT2D eigenvalue weighted by Gasteiger charge is -2.19. The minimum absolute atomic E-state index is 0.0761. The third-order valence-corrected chi connectivity index (χ3v) is 3.63. The smallest absolute Gasteiger partial charge is 0.272 e. The van der Waals surface area contributed by atoms with Crippen LogP contribution in [0.2, 0.25) is 0 Å². The summed E-state index contributed by atoms with van der Waals surface area (Å²) in [5, 5.41) is 7.09. The Morgan fingerprint density at radius 1 is 1.13 bits per heavy atom. The Morgan fingerprint density at radius 3 is 2.61 bits per heavy atom. The number of hydrogen-bond donors (Lipinski definition) is 1. The molecule has 0 unspecified atom stereocenters. The van der Waals surface area contributed by atoms with Crippen molar-refractivity contribution >= 4 is 5.91 Å². The second-order valence-corrected chi connectivity index (χ2v) is 5.17. The normalized spacial score (nSPS) is 10.5. The highest BCUT2D eigenvalue weighted by Gasteiger charge is 2.18. The number of H-pyrrole nitrogens is 1. The molecule has 5 nitrogen and oxygen atoms in total. The van der Waals surface area contributed by atoms with E-state index >= 15 is 0 Å². The molecule has 0 saturated heterocycles. The maximum Gasteiger partial charge on any atom is 0.272 e. The minimum atomic E-state index is -0.0761. The highest BCUT2D eigenvalue weighted by Crippen LogP contribution is 2.18. The number of carbonyl (C=O) groups is 1. The lowest BCUT2D eigenvalue weighted by Crippen LogP contribution is -2.30. The van der Waals surface area contributed by atoms with Gasteiger partial charge in [0.05, 0.1) is 17.9 Å².